The van der Waals surface area contributed by atoms with Crippen LogP contribution in [0.25, 0.3) is 0 Å². The summed E-state index contributed by atoms with van der Waals surface area (Å²) in [5.41, 5.74) is 0.948. The van der Waals surface area contributed by atoms with Crippen molar-refractivity contribution in [2.24, 2.45) is 0 Å². The molecule has 1 atom stereocenters. The minimum Gasteiger partial charge on any atom is -0.497 e. The third kappa shape index (κ3) is 4.60. The molecule has 0 saturated carbocycles. The van der Waals surface area contributed by atoms with Gasteiger partial charge in [-0.25, -0.2) is 0 Å². The summed E-state index contributed by atoms with van der Waals surface area (Å²) < 4.78 is 5.29. The van der Waals surface area contributed by atoms with E-state index in [0.29, 0.717) is 26.1 Å². The predicted molar refractivity (Wildman–Crippen MR) is 118 cm³/mol. The van der Waals surface area contributed by atoms with Gasteiger partial charge in [-0.3, -0.25) is 9.69 Å². The summed E-state index contributed by atoms with van der Waals surface area (Å²) in [6.07, 6.45) is 1.34. The van der Waals surface area contributed by atoms with Crippen molar-refractivity contribution in [3.05, 3.63) is 60.2 Å². The van der Waals surface area contributed by atoms with Gasteiger partial charge in [-0.15, -0.1) is 0 Å². The lowest BCUT2D eigenvalue weighted by Gasteiger charge is -2.43. The molecule has 0 unspecified atom stereocenters. The fraction of sp³-hybridized carbons (Fsp3) is 0.458. The van der Waals surface area contributed by atoms with E-state index in [4.69, 9.17) is 4.74 Å². The molecule has 0 aromatic heterocycles. The number of amides is 1. The molecule has 2 aromatic rings. The molecule has 30 heavy (non-hydrogen) atoms. The van der Waals surface area contributed by atoms with Crippen LogP contribution in [0.1, 0.15) is 18.4 Å². The van der Waals surface area contributed by atoms with Crippen LogP contribution in [0.4, 0.5) is 5.69 Å². The molecule has 0 aliphatic carbocycles. The third-order valence-electron chi connectivity index (χ3n) is 6.19. The van der Waals surface area contributed by atoms with Gasteiger partial charge >= 0.3 is 0 Å². The Bertz CT molecular complexity index is 852. The third-order valence-corrected chi connectivity index (χ3v) is 6.19. The lowest BCUT2D eigenvalue weighted by atomic mass is 9.90. The molecule has 2 saturated heterocycles. The Hall–Kier alpha value is -2.57. The van der Waals surface area contributed by atoms with Gasteiger partial charge in [0.1, 0.15) is 5.75 Å². The zero-order valence-corrected chi connectivity index (χ0v) is 17.7. The summed E-state index contributed by atoms with van der Waals surface area (Å²) in [6, 6.07) is 18.2. The molecule has 0 radical (unpaired) electrons. The van der Waals surface area contributed by atoms with Crippen LogP contribution < -0.4 is 9.64 Å². The largest absolute Gasteiger partial charge is 0.497 e. The zero-order valence-electron chi connectivity index (χ0n) is 17.7. The summed E-state index contributed by atoms with van der Waals surface area (Å²) >= 11 is 0. The average Bonchev–Trinajstić information content (AvgIpc) is 2.78. The standard InChI is InChI=1S/C24H31N3O3/c1-30-22-10-5-7-20(17-22)18-27-12-6-11-24(29,23(27)28)19-25-13-15-26(16-14-25)21-8-3-2-4-9-21/h2-5,7-10,17,29H,6,11-16,18-19H2,1H3/t24-/m0/s1. The second-order valence-corrected chi connectivity index (χ2v) is 8.31. The first-order valence-corrected chi connectivity index (χ1v) is 10.7. The first-order valence-electron chi connectivity index (χ1n) is 10.7. The number of carbonyl (C=O) groups is 1. The van der Waals surface area contributed by atoms with Crippen molar-refractivity contribution in [1.29, 1.82) is 0 Å². The van der Waals surface area contributed by atoms with Crippen molar-refractivity contribution in [2.45, 2.75) is 25.0 Å². The number of ether oxygens (including phenoxy) is 1. The highest BCUT2D eigenvalue weighted by Crippen LogP contribution is 2.27. The number of hydrogen-bond donors (Lipinski definition) is 1. The van der Waals surface area contributed by atoms with Crippen LogP contribution in [0.5, 0.6) is 5.75 Å². The molecule has 1 N–H and O–H groups in total. The molecular formula is C24H31N3O3. The number of piperidine rings is 1. The molecule has 0 spiro atoms. The Morgan fingerprint density at radius 3 is 2.50 bits per heavy atom. The van der Waals surface area contributed by atoms with Gasteiger partial charge in [-0.05, 0) is 42.7 Å². The molecule has 2 aliphatic rings. The number of piperazine rings is 1. The van der Waals surface area contributed by atoms with Crippen molar-refractivity contribution < 1.29 is 14.6 Å². The van der Waals surface area contributed by atoms with Gasteiger partial charge in [0.25, 0.3) is 5.91 Å². The number of hydrogen-bond acceptors (Lipinski definition) is 5. The van der Waals surface area contributed by atoms with Gasteiger partial charge in [0.15, 0.2) is 5.60 Å². The van der Waals surface area contributed by atoms with Crippen LogP contribution in [0.15, 0.2) is 54.6 Å². The smallest absolute Gasteiger partial charge is 0.256 e. The van der Waals surface area contributed by atoms with Gasteiger partial charge in [-0.1, -0.05) is 30.3 Å². The number of para-hydroxylation sites is 1. The molecule has 0 bridgehead atoms. The zero-order chi connectivity index (χ0) is 21.0. The van der Waals surface area contributed by atoms with Gasteiger partial charge in [0.05, 0.1) is 7.11 Å². The first kappa shape index (κ1) is 20.7. The van der Waals surface area contributed by atoms with Crippen molar-refractivity contribution in [3.63, 3.8) is 0 Å². The Labute approximate surface area is 178 Å². The average molecular weight is 410 g/mol. The molecule has 2 aromatic carbocycles. The van der Waals surface area contributed by atoms with Gasteiger partial charge in [0.2, 0.25) is 0 Å². The maximum atomic E-state index is 13.2. The lowest BCUT2D eigenvalue weighted by Crippen LogP contribution is -2.60. The number of nitrogens with zero attached hydrogens (tertiary/aromatic N) is 3. The minimum absolute atomic E-state index is 0.151. The predicted octanol–water partition coefficient (Wildman–Crippen LogP) is 2.37. The number of rotatable bonds is 6. The van der Waals surface area contributed by atoms with E-state index >= 15 is 0 Å². The fourth-order valence-electron chi connectivity index (χ4n) is 4.53. The summed E-state index contributed by atoms with van der Waals surface area (Å²) in [6.45, 7) is 5.09. The second kappa shape index (κ2) is 9.06. The molecule has 1 amide bonds. The minimum atomic E-state index is -1.30. The van der Waals surface area contributed by atoms with Crippen molar-refractivity contribution in [2.75, 3.05) is 51.3 Å². The Morgan fingerprint density at radius 2 is 1.77 bits per heavy atom. The molecular weight excluding hydrogens is 378 g/mol. The summed E-state index contributed by atoms with van der Waals surface area (Å²) in [5.74, 6) is 0.630. The highest BCUT2D eigenvalue weighted by molar-refractivity contribution is 5.86. The van der Waals surface area contributed by atoms with E-state index in [1.807, 2.05) is 30.3 Å². The van der Waals surface area contributed by atoms with Crippen LogP contribution in [-0.2, 0) is 11.3 Å². The molecule has 2 aliphatic heterocycles. The van der Waals surface area contributed by atoms with Gasteiger partial charge in [-0.2, -0.15) is 0 Å². The number of likely N-dealkylation sites (tertiary alicyclic amines) is 1. The fourth-order valence-corrected chi connectivity index (χ4v) is 4.53. The Kier molecular flexibility index (Phi) is 6.25. The van der Waals surface area contributed by atoms with Crippen LogP contribution in [-0.4, -0.2) is 72.8 Å². The summed E-state index contributed by atoms with van der Waals surface area (Å²) in [5, 5.41) is 11.3. The summed E-state index contributed by atoms with van der Waals surface area (Å²) in [7, 11) is 1.64. The number of benzene rings is 2. The van der Waals surface area contributed by atoms with Crippen LogP contribution >= 0.6 is 0 Å². The van der Waals surface area contributed by atoms with E-state index in [1.54, 1.807) is 12.0 Å². The lowest BCUT2D eigenvalue weighted by molar-refractivity contribution is -0.160. The quantitative estimate of drug-likeness (QED) is 0.794. The molecule has 6 nitrogen and oxygen atoms in total. The number of anilines is 1. The van der Waals surface area contributed by atoms with Crippen molar-refractivity contribution >= 4 is 11.6 Å². The van der Waals surface area contributed by atoms with E-state index in [1.165, 1.54) is 5.69 Å². The molecule has 6 heteroatoms. The van der Waals surface area contributed by atoms with E-state index in [-0.39, 0.29) is 5.91 Å². The van der Waals surface area contributed by atoms with Crippen LogP contribution in [0.3, 0.4) is 0 Å². The molecule has 2 fully saturated rings. The van der Waals surface area contributed by atoms with Crippen LogP contribution in [0, 0.1) is 0 Å². The number of aliphatic hydroxyl groups is 1. The van der Waals surface area contributed by atoms with Gasteiger partial charge in [0, 0.05) is 51.5 Å². The Morgan fingerprint density at radius 1 is 1.00 bits per heavy atom. The first-order chi connectivity index (χ1) is 14.6. The van der Waals surface area contributed by atoms with Crippen LogP contribution in [0.2, 0.25) is 0 Å². The molecule has 4 rings (SSSR count). The van der Waals surface area contributed by atoms with Crippen molar-refractivity contribution in [3.8, 4) is 5.75 Å². The Balaban J connectivity index is 1.36. The topological polar surface area (TPSA) is 56.3 Å². The van der Waals surface area contributed by atoms with Gasteiger partial charge < -0.3 is 19.6 Å². The number of β-amino-alcohol motifs (C(OH)–C–C–N with tert-alkyl or cyclic N) is 1. The highest BCUT2D eigenvalue weighted by Gasteiger charge is 2.43. The maximum Gasteiger partial charge on any atom is 0.256 e. The van der Waals surface area contributed by atoms with E-state index in [0.717, 1.165) is 43.9 Å². The van der Waals surface area contributed by atoms with E-state index < -0.39 is 5.60 Å². The second-order valence-electron chi connectivity index (χ2n) is 8.31. The number of carbonyl (C=O) groups excluding carboxylic acids is 1. The van der Waals surface area contributed by atoms with E-state index in [2.05, 4.69) is 34.1 Å². The van der Waals surface area contributed by atoms with E-state index in [9.17, 15) is 9.90 Å². The molecule has 2 heterocycles. The number of methoxy groups -OCH3 is 1. The monoisotopic (exact) mass is 409 g/mol. The maximum absolute atomic E-state index is 13.2. The molecule has 160 valence electrons. The SMILES string of the molecule is COc1cccc(CN2CCC[C@](O)(CN3CCN(c4ccccc4)CC3)C2=O)c1. The van der Waals surface area contributed by atoms with Crippen molar-refractivity contribution in [1.82, 2.24) is 9.80 Å². The summed E-state index contributed by atoms with van der Waals surface area (Å²) in [4.78, 5) is 19.6. The normalized spacial score (nSPS) is 22.9. The highest BCUT2D eigenvalue weighted by atomic mass is 16.5.